The first-order valence-electron chi connectivity index (χ1n) is 6.62. The van der Waals surface area contributed by atoms with E-state index in [4.69, 9.17) is 11.6 Å². The molecule has 106 valence electrons. The summed E-state index contributed by atoms with van der Waals surface area (Å²) in [5, 5.41) is 3.05. The number of carbonyl (C=O) groups excluding carboxylic acids is 1. The number of carbonyl (C=O) groups is 1. The standard InChI is InChI=1S/C16H18ClNOS/c1-3-13-9-10-14(20-13)15(19)18-16(2,11-17)12-7-5-4-6-8-12/h4-10H,3,11H2,1-2H3,(H,18,19). The number of nitrogens with one attached hydrogen (secondary N) is 1. The predicted molar refractivity (Wildman–Crippen MR) is 85.7 cm³/mol. The second-order valence-corrected chi connectivity index (χ2v) is 6.34. The SMILES string of the molecule is CCc1ccc(C(=O)NC(C)(CCl)c2ccccc2)s1. The number of benzene rings is 1. The van der Waals surface area contributed by atoms with Gasteiger partial charge in [0.1, 0.15) is 0 Å². The van der Waals surface area contributed by atoms with Crippen molar-refractivity contribution < 1.29 is 4.79 Å². The van der Waals surface area contributed by atoms with Crippen molar-refractivity contribution in [1.29, 1.82) is 0 Å². The van der Waals surface area contributed by atoms with Crippen LogP contribution in [0.5, 0.6) is 0 Å². The molecule has 0 aliphatic rings. The number of amides is 1. The van der Waals surface area contributed by atoms with Crippen LogP contribution < -0.4 is 5.32 Å². The van der Waals surface area contributed by atoms with Crippen molar-refractivity contribution in [3.05, 3.63) is 57.8 Å². The highest BCUT2D eigenvalue weighted by atomic mass is 35.5. The van der Waals surface area contributed by atoms with Crippen LogP contribution in [0.25, 0.3) is 0 Å². The highest BCUT2D eigenvalue weighted by Gasteiger charge is 2.28. The maximum atomic E-state index is 12.4. The minimum absolute atomic E-state index is 0.0679. The molecule has 1 amide bonds. The third-order valence-electron chi connectivity index (χ3n) is 3.30. The summed E-state index contributed by atoms with van der Waals surface area (Å²) in [6, 6.07) is 13.7. The summed E-state index contributed by atoms with van der Waals surface area (Å²) < 4.78 is 0. The molecule has 1 aromatic carbocycles. The van der Waals surface area contributed by atoms with E-state index in [-0.39, 0.29) is 5.91 Å². The summed E-state index contributed by atoms with van der Waals surface area (Å²) in [5.41, 5.74) is 0.451. The van der Waals surface area contributed by atoms with Gasteiger partial charge in [-0.05, 0) is 31.0 Å². The maximum absolute atomic E-state index is 12.4. The lowest BCUT2D eigenvalue weighted by atomic mass is 9.94. The van der Waals surface area contributed by atoms with E-state index in [0.717, 1.165) is 16.9 Å². The normalized spacial score (nSPS) is 13.8. The van der Waals surface area contributed by atoms with E-state index in [1.807, 2.05) is 49.4 Å². The van der Waals surface area contributed by atoms with Gasteiger partial charge in [0.2, 0.25) is 0 Å². The van der Waals surface area contributed by atoms with Gasteiger partial charge in [0.15, 0.2) is 0 Å². The molecule has 0 saturated heterocycles. The van der Waals surface area contributed by atoms with Crippen LogP contribution in [0.1, 0.15) is 34.0 Å². The van der Waals surface area contributed by atoms with Crippen molar-refractivity contribution in [1.82, 2.24) is 5.32 Å². The lowest BCUT2D eigenvalue weighted by Crippen LogP contribution is -2.44. The van der Waals surface area contributed by atoms with Crippen LogP contribution >= 0.6 is 22.9 Å². The van der Waals surface area contributed by atoms with Gasteiger partial charge in [-0.2, -0.15) is 0 Å². The first-order chi connectivity index (χ1) is 9.59. The Kier molecular flexibility index (Phi) is 4.84. The average Bonchev–Trinajstić information content (AvgIpc) is 2.97. The minimum Gasteiger partial charge on any atom is -0.341 e. The van der Waals surface area contributed by atoms with Gasteiger partial charge in [-0.1, -0.05) is 37.3 Å². The molecule has 2 nitrogen and oxygen atoms in total. The molecule has 1 unspecified atom stereocenters. The van der Waals surface area contributed by atoms with Crippen molar-refractivity contribution in [3.8, 4) is 0 Å². The second kappa shape index (κ2) is 6.42. The number of hydrogen-bond acceptors (Lipinski definition) is 2. The number of thiophene rings is 1. The van der Waals surface area contributed by atoms with Crippen LogP contribution in [-0.2, 0) is 12.0 Å². The summed E-state index contributed by atoms with van der Waals surface area (Å²) in [6.07, 6.45) is 0.948. The van der Waals surface area contributed by atoms with Crippen molar-refractivity contribution in [3.63, 3.8) is 0 Å². The molecule has 0 aliphatic heterocycles. The fourth-order valence-electron chi connectivity index (χ4n) is 1.99. The van der Waals surface area contributed by atoms with E-state index in [1.54, 1.807) is 0 Å². The van der Waals surface area contributed by atoms with Gasteiger partial charge in [-0.3, -0.25) is 4.79 Å². The second-order valence-electron chi connectivity index (χ2n) is 4.91. The fourth-order valence-corrected chi connectivity index (χ4v) is 3.05. The van der Waals surface area contributed by atoms with E-state index >= 15 is 0 Å². The van der Waals surface area contributed by atoms with Crippen molar-refractivity contribution in [2.24, 2.45) is 0 Å². The summed E-state index contributed by atoms with van der Waals surface area (Å²) in [7, 11) is 0. The third-order valence-corrected chi connectivity index (χ3v) is 5.06. The molecule has 1 atom stereocenters. The van der Waals surface area contributed by atoms with Gasteiger partial charge in [-0.25, -0.2) is 0 Å². The van der Waals surface area contributed by atoms with Gasteiger partial charge in [0.05, 0.1) is 10.4 Å². The molecule has 0 aliphatic carbocycles. The molecule has 20 heavy (non-hydrogen) atoms. The van der Waals surface area contributed by atoms with Crippen LogP contribution in [-0.4, -0.2) is 11.8 Å². The topological polar surface area (TPSA) is 29.1 Å². The number of halogens is 1. The highest BCUT2D eigenvalue weighted by molar-refractivity contribution is 7.14. The van der Waals surface area contributed by atoms with Gasteiger partial charge in [-0.15, -0.1) is 22.9 Å². The number of alkyl halides is 1. The number of hydrogen-bond donors (Lipinski definition) is 1. The zero-order valence-corrected chi connectivity index (χ0v) is 13.2. The Morgan fingerprint density at radius 1 is 1.25 bits per heavy atom. The van der Waals surface area contributed by atoms with Gasteiger partial charge in [0, 0.05) is 10.8 Å². The van der Waals surface area contributed by atoms with Gasteiger partial charge < -0.3 is 5.32 Å². The van der Waals surface area contributed by atoms with E-state index in [9.17, 15) is 4.79 Å². The summed E-state index contributed by atoms with van der Waals surface area (Å²) in [5.74, 6) is 0.260. The summed E-state index contributed by atoms with van der Waals surface area (Å²) in [6.45, 7) is 4.03. The molecular formula is C16H18ClNOS. The first-order valence-corrected chi connectivity index (χ1v) is 7.97. The van der Waals surface area contributed by atoms with Crippen molar-refractivity contribution in [2.75, 3.05) is 5.88 Å². The van der Waals surface area contributed by atoms with E-state index in [1.165, 1.54) is 16.2 Å². The Hall–Kier alpha value is -1.32. The largest absolute Gasteiger partial charge is 0.341 e. The van der Waals surface area contributed by atoms with Crippen LogP contribution in [0.15, 0.2) is 42.5 Å². The molecule has 4 heteroatoms. The third kappa shape index (κ3) is 3.22. The van der Waals surface area contributed by atoms with Crippen LogP contribution in [0.4, 0.5) is 0 Å². The lowest BCUT2D eigenvalue weighted by Gasteiger charge is -2.29. The quantitative estimate of drug-likeness (QED) is 0.824. The molecule has 1 N–H and O–H groups in total. The Labute approximate surface area is 128 Å². The van der Waals surface area contributed by atoms with E-state index in [2.05, 4.69) is 12.2 Å². The summed E-state index contributed by atoms with van der Waals surface area (Å²) >= 11 is 7.63. The molecular weight excluding hydrogens is 290 g/mol. The first kappa shape index (κ1) is 15.1. The predicted octanol–water partition coefficient (Wildman–Crippen LogP) is 4.19. The Morgan fingerprint density at radius 3 is 2.50 bits per heavy atom. The summed E-state index contributed by atoms with van der Waals surface area (Å²) in [4.78, 5) is 14.3. The molecule has 0 saturated carbocycles. The van der Waals surface area contributed by atoms with Crippen LogP contribution in [0, 0.1) is 0 Å². The lowest BCUT2D eigenvalue weighted by molar-refractivity contribution is 0.0917. The molecule has 2 aromatic rings. The Bertz CT molecular complexity index is 581. The molecule has 2 rings (SSSR count). The fraction of sp³-hybridized carbons (Fsp3) is 0.312. The molecule has 0 radical (unpaired) electrons. The molecule has 1 heterocycles. The van der Waals surface area contributed by atoms with E-state index in [0.29, 0.717) is 5.88 Å². The number of aryl methyl sites for hydroxylation is 1. The van der Waals surface area contributed by atoms with Crippen molar-refractivity contribution in [2.45, 2.75) is 25.8 Å². The van der Waals surface area contributed by atoms with E-state index < -0.39 is 5.54 Å². The average molecular weight is 308 g/mol. The Morgan fingerprint density at radius 2 is 1.95 bits per heavy atom. The maximum Gasteiger partial charge on any atom is 0.262 e. The minimum atomic E-state index is -0.559. The molecule has 0 bridgehead atoms. The molecule has 0 fully saturated rings. The monoisotopic (exact) mass is 307 g/mol. The van der Waals surface area contributed by atoms with Crippen LogP contribution in [0.3, 0.4) is 0 Å². The molecule has 1 aromatic heterocycles. The molecule has 0 spiro atoms. The van der Waals surface area contributed by atoms with Crippen LogP contribution in [0.2, 0.25) is 0 Å². The smallest absolute Gasteiger partial charge is 0.262 e. The Balaban J connectivity index is 2.19. The number of rotatable bonds is 5. The van der Waals surface area contributed by atoms with Gasteiger partial charge in [0.25, 0.3) is 5.91 Å². The zero-order chi connectivity index (χ0) is 14.6. The van der Waals surface area contributed by atoms with Gasteiger partial charge >= 0.3 is 0 Å². The highest BCUT2D eigenvalue weighted by Crippen LogP contribution is 2.24. The zero-order valence-electron chi connectivity index (χ0n) is 11.7. The van der Waals surface area contributed by atoms with Crippen molar-refractivity contribution >= 4 is 28.8 Å².